The highest BCUT2D eigenvalue weighted by Gasteiger charge is 2.42. The predicted molar refractivity (Wildman–Crippen MR) is 110 cm³/mol. The van der Waals surface area contributed by atoms with Crippen LogP contribution in [-0.4, -0.2) is 40.5 Å². The highest BCUT2D eigenvalue weighted by atomic mass is 79.9. The number of rotatable bonds is 5. The van der Waals surface area contributed by atoms with E-state index in [0.29, 0.717) is 23.2 Å². The molecule has 1 aromatic rings. The standard InChI is InChI=1S/C20H18BrClF6N2O2/c1-9-6-15(22)29-14(16(9)21)8-30-12(4)17(32-18(30)31)10(2)5-13(20(26,27)28)7-11(3)19(23,24)25/h5-7,12,17H,2,8H2,1,3-4H3/b11-7+,13-5+/t12-,17+/m0/s1. The van der Waals surface area contributed by atoms with Crippen LogP contribution in [0.1, 0.15) is 25.1 Å². The van der Waals surface area contributed by atoms with E-state index in [-0.39, 0.29) is 23.3 Å². The summed E-state index contributed by atoms with van der Waals surface area (Å²) in [5, 5.41) is 0.187. The van der Waals surface area contributed by atoms with Crippen LogP contribution in [0.5, 0.6) is 0 Å². The Bertz CT molecular complexity index is 988. The molecule has 0 saturated carbocycles. The fourth-order valence-electron chi connectivity index (χ4n) is 2.95. The molecule has 0 spiro atoms. The molecular weight excluding hydrogens is 530 g/mol. The second-order valence-corrected chi connectivity index (χ2v) is 8.37. The van der Waals surface area contributed by atoms with Crippen molar-refractivity contribution in [3.63, 3.8) is 0 Å². The molecule has 4 nitrogen and oxygen atoms in total. The first-order valence-electron chi connectivity index (χ1n) is 9.04. The number of aromatic nitrogens is 1. The molecular formula is C20H18BrClF6N2O2. The number of alkyl halides is 6. The molecule has 2 rings (SSSR count). The van der Waals surface area contributed by atoms with E-state index in [1.54, 1.807) is 13.0 Å². The lowest BCUT2D eigenvalue weighted by atomic mass is 10.0. The number of ether oxygens (including phenoxy) is 1. The van der Waals surface area contributed by atoms with Crippen LogP contribution in [0.2, 0.25) is 5.15 Å². The van der Waals surface area contributed by atoms with Crippen LogP contribution in [0, 0.1) is 6.92 Å². The molecule has 0 N–H and O–H groups in total. The Hall–Kier alpha value is -2.01. The van der Waals surface area contributed by atoms with E-state index >= 15 is 0 Å². The van der Waals surface area contributed by atoms with E-state index < -0.39 is 41.7 Å². The molecule has 0 aromatic carbocycles. The molecule has 1 saturated heterocycles. The zero-order valence-electron chi connectivity index (χ0n) is 17.0. The Morgan fingerprint density at radius 1 is 1.28 bits per heavy atom. The van der Waals surface area contributed by atoms with Crippen molar-refractivity contribution in [3.8, 4) is 0 Å². The number of allylic oxidation sites excluding steroid dienone is 3. The van der Waals surface area contributed by atoms with E-state index in [4.69, 9.17) is 16.3 Å². The fourth-order valence-corrected chi connectivity index (χ4v) is 3.54. The van der Waals surface area contributed by atoms with Gasteiger partial charge in [0, 0.05) is 10.0 Å². The molecule has 0 aliphatic carbocycles. The van der Waals surface area contributed by atoms with Gasteiger partial charge in [0.2, 0.25) is 0 Å². The Balaban J connectivity index is 2.32. The molecule has 1 aliphatic rings. The quantitative estimate of drug-likeness (QED) is 0.225. The number of hydrogen-bond acceptors (Lipinski definition) is 3. The third-order valence-corrected chi connectivity index (χ3v) is 6.02. The van der Waals surface area contributed by atoms with E-state index in [0.717, 1.165) is 5.56 Å². The number of cyclic esters (lactones) is 1. The number of aryl methyl sites for hydroxylation is 1. The van der Waals surface area contributed by atoms with Crippen molar-refractivity contribution in [3.05, 3.63) is 62.4 Å². The first-order chi connectivity index (χ1) is 14.5. The molecule has 0 radical (unpaired) electrons. The van der Waals surface area contributed by atoms with Gasteiger partial charge in [-0.05, 0) is 66.1 Å². The van der Waals surface area contributed by atoms with Gasteiger partial charge >= 0.3 is 18.4 Å². The first-order valence-corrected chi connectivity index (χ1v) is 10.2. The average molecular weight is 548 g/mol. The lowest BCUT2D eigenvalue weighted by Crippen LogP contribution is -2.34. The molecule has 2 atom stereocenters. The SMILES string of the molecule is C=C(/C=C(\C=C(/C)C(F)(F)F)C(F)(F)F)[C@H]1OC(=O)N(Cc2nc(Cl)cc(C)c2Br)[C@H]1C. The molecule has 32 heavy (non-hydrogen) atoms. The highest BCUT2D eigenvalue weighted by molar-refractivity contribution is 9.10. The van der Waals surface area contributed by atoms with E-state index in [1.165, 1.54) is 11.8 Å². The number of carbonyl (C=O) groups is 1. The molecule has 2 heterocycles. The summed E-state index contributed by atoms with van der Waals surface area (Å²) in [6.45, 7) is 7.24. The van der Waals surface area contributed by atoms with Crippen molar-refractivity contribution < 1.29 is 35.9 Å². The third kappa shape index (κ3) is 6.06. The normalized spacial score (nSPS) is 20.6. The smallest absolute Gasteiger partial charge is 0.416 e. The Morgan fingerprint density at radius 3 is 2.41 bits per heavy atom. The van der Waals surface area contributed by atoms with Gasteiger partial charge in [-0.15, -0.1) is 0 Å². The lowest BCUT2D eigenvalue weighted by molar-refractivity contribution is -0.0954. The Morgan fingerprint density at radius 2 is 1.88 bits per heavy atom. The largest absolute Gasteiger partial charge is 0.439 e. The van der Waals surface area contributed by atoms with Crippen molar-refractivity contribution >= 4 is 33.6 Å². The number of amides is 1. The monoisotopic (exact) mass is 546 g/mol. The van der Waals surface area contributed by atoms with E-state index in [1.807, 2.05) is 0 Å². The van der Waals surface area contributed by atoms with Gasteiger partial charge in [-0.1, -0.05) is 18.2 Å². The Labute approximate surface area is 193 Å². The maximum atomic E-state index is 13.3. The van der Waals surface area contributed by atoms with Crippen LogP contribution in [0.3, 0.4) is 0 Å². The van der Waals surface area contributed by atoms with Gasteiger partial charge in [0.05, 0.1) is 23.9 Å². The molecule has 12 heteroatoms. The van der Waals surface area contributed by atoms with Crippen LogP contribution >= 0.6 is 27.5 Å². The van der Waals surface area contributed by atoms with Gasteiger partial charge < -0.3 is 4.74 Å². The summed E-state index contributed by atoms with van der Waals surface area (Å²) >= 11 is 9.30. The van der Waals surface area contributed by atoms with Gasteiger partial charge in [0.15, 0.2) is 0 Å². The van der Waals surface area contributed by atoms with Crippen LogP contribution in [0.25, 0.3) is 0 Å². The average Bonchev–Trinajstić information content (AvgIpc) is 2.91. The zero-order chi connectivity index (χ0) is 24.6. The summed E-state index contributed by atoms with van der Waals surface area (Å²) in [4.78, 5) is 17.7. The van der Waals surface area contributed by atoms with Crippen molar-refractivity contribution in [2.75, 3.05) is 0 Å². The molecule has 1 amide bonds. The predicted octanol–water partition coefficient (Wildman–Crippen LogP) is 7.07. The summed E-state index contributed by atoms with van der Waals surface area (Å²) in [6, 6.07) is 0.826. The molecule has 176 valence electrons. The van der Waals surface area contributed by atoms with Gasteiger partial charge in [-0.3, -0.25) is 4.90 Å². The first kappa shape index (κ1) is 26.2. The van der Waals surface area contributed by atoms with Crippen molar-refractivity contribution in [1.29, 1.82) is 0 Å². The highest BCUT2D eigenvalue weighted by Crippen LogP contribution is 2.35. The minimum absolute atomic E-state index is 0.0137. The topological polar surface area (TPSA) is 42.4 Å². The van der Waals surface area contributed by atoms with Gasteiger partial charge in [0.1, 0.15) is 11.3 Å². The number of halogens is 8. The lowest BCUT2D eigenvalue weighted by Gasteiger charge is -2.22. The van der Waals surface area contributed by atoms with E-state index in [2.05, 4.69) is 27.5 Å². The number of hydrogen-bond donors (Lipinski definition) is 0. The Kier molecular flexibility index (Phi) is 7.76. The minimum Gasteiger partial charge on any atom is -0.439 e. The maximum Gasteiger partial charge on any atom is 0.416 e. The second-order valence-electron chi connectivity index (χ2n) is 7.19. The van der Waals surface area contributed by atoms with Gasteiger partial charge in [-0.25, -0.2) is 9.78 Å². The van der Waals surface area contributed by atoms with E-state index in [9.17, 15) is 31.1 Å². The van der Waals surface area contributed by atoms with Gasteiger partial charge in [-0.2, -0.15) is 26.3 Å². The summed E-state index contributed by atoms with van der Waals surface area (Å²) in [5.74, 6) is 0. The molecule has 0 bridgehead atoms. The van der Waals surface area contributed by atoms with Crippen molar-refractivity contribution in [2.45, 2.75) is 51.8 Å². The minimum atomic E-state index is -5.08. The van der Waals surface area contributed by atoms with Crippen molar-refractivity contribution in [1.82, 2.24) is 9.88 Å². The fraction of sp³-hybridized carbons (Fsp3) is 0.400. The number of nitrogens with zero attached hydrogens (tertiary/aromatic N) is 2. The summed E-state index contributed by atoms with van der Waals surface area (Å²) < 4.78 is 83.8. The number of carbonyl (C=O) groups excluding carboxylic acids is 1. The zero-order valence-corrected chi connectivity index (χ0v) is 19.4. The summed E-state index contributed by atoms with van der Waals surface area (Å²) in [7, 11) is 0. The van der Waals surface area contributed by atoms with Crippen molar-refractivity contribution in [2.24, 2.45) is 0 Å². The maximum absolute atomic E-state index is 13.3. The molecule has 1 aliphatic heterocycles. The summed E-state index contributed by atoms with van der Waals surface area (Å²) in [6.07, 6.45) is -11.6. The van der Waals surface area contributed by atoms with Gasteiger partial charge in [0.25, 0.3) is 0 Å². The van der Waals surface area contributed by atoms with Crippen LogP contribution < -0.4 is 0 Å². The van der Waals surface area contributed by atoms with Crippen LogP contribution in [-0.2, 0) is 11.3 Å². The molecule has 1 fully saturated rings. The van der Waals surface area contributed by atoms with Crippen LogP contribution in [0.4, 0.5) is 31.1 Å². The molecule has 1 aromatic heterocycles. The molecule has 0 unspecified atom stereocenters. The third-order valence-electron chi connectivity index (χ3n) is 4.74. The second kappa shape index (κ2) is 9.46. The number of pyridine rings is 1. The van der Waals surface area contributed by atoms with Crippen LogP contribution in [0.15, 0.2) is 46.0 Å². The summed E-state index contributed by atoms with van der Waals surface area (Å²) in [5.41, 5.74) is -2.14.